The predicted octanol–water partition coefficient (Wildman–Crippen LogP) is 0.449. The first-order chi connectivity index (χ1) is 8.55. The van der Waals surface area contributed by atoms with Gasteiger partial charge in [0.1, 0.15) is 15.7 Å². The number of fused-ring (bicyclic) bond motifs is 1. The molecular weight excluding hydrogens is 250 g/mol. The smallest absolute Gasteiger partial charge is 0.150 e. The standard InChI is InChI=1S/C12H19N3O2S/c13-10-1-4-15-11(7-10)8-14-12(15)9-2-5-18(16,17)6-3-9/h8-10H,1-7,13H2. The Labute approximate surface area is 107 Å². The average molecular weight is 269 g/mol. The topological polar surface area (TPSA) is 78.0 Å². The van der Waals surface area contributed by atoms with Gasteiger partial charge in [-0.2, -0.15) is 0 Å². The van der Waals surface area contributed by atoms with Crippen molar-refractivity contribution in [3.8, 4) is 0 Å². The van der Waals surface area contributed by atoms with Gasteiger partial charge in [-0.1, -0.05) is 0 Å². The number of nitrogens with two attached hydrogens (primary N) is 1. The van der Waals surface area contributed by atoms with Crippen molar-refractivity contribution in [2.75, 3.05) is 11.5 Å². The maximum atomic E-state index is 11.5. The van der Waals surface area contributed by atoms with Gasteiger partial charge in [0, 0.05) is 36.8 Å². The summed E-state index contributed by atoms with van der Waals surface area (Å²) in [6.45, 7) is 0.926. The van der Waals surface area contributed by atoms with Crippen molar-refractivity contribution in [2.45, 2.75) is 44.2 Å². The minimum atomic E-state index is -2.79. The van der Waals surface area contributed by atoms with Crippen LogP contribution in [0.1, 0.15) is 36.7 Å². The molecule has 3 heterocycles. The van der Waals surface area contributed by atoms with Gasteiger partial charge in [0.2, 0.25) is 0 Å². The van der Waals surface area contributed by atoms with Gasteiger partial charge in [0.25, 0.3) is 0 Å². The van der Waals surface area contributed by atoms with Crippen LogP contribution >= 0.6 is 0 Å². The number of hydrogen-bond donors (Lipinski definition) is 1. The largest absolute Gasteiger partial charge is 0.332 e. The van der Waals surface area contributed by atoms with Gasteiger partial charge in [-0.25, -0.2) is 13.4 Å². The summed E-state index contributed by atoms with van der Waals surface area (Å²) in [6, 6.07) is 0.244. The third-order valence-corrected chi connectivity index (χ3v) is 5.80. The molecular formula is C12H19N3O2S. The Balaban J connectivity index is 1.82. The van der Waals surface area contributed by atoms with Crippen molar-refractivity contribution in [1.29, 1.82) is 0 Å². The summed E-state index contributed by atoms with van der Waals surface area (Å²) in [7, 11) is -2.79. The molecule has 1 aromatic rings. The van der Waals surface area contributed by atoms with Crippen molar-refractivity contribution < 1.29 is 8.42 Å². The van der Waals surface area contributed by atoms with E-state index < -0.39 is 9.84 Å². The van der Waals surface area contributed by atoms with Crippen molar-refractivity contribution in [3.63, 3.8) is 0 Å². The Morgan fingerprint density at radius 1 is 1.28 bits per heavy atom. The fourth-order valence-electron chi connectivity index (χ4n) is 2.99. The Hall–Kier alpha value is -0.880. The number of imidazole rings is 1. The quantitative estimate of drug-likeness (QED) is 0.803. The fraction of sp³-hybridized carbons (Fsp3) is 0.750. The molecule has 0 amide bonds. The summed E-state index contributed by atoms with van der Waals surface area (Å²) >= 11 is 0. The van der Waals surface area contributed by atoms with E-state index in [2.05, 4.69) is 9.55 Å². The zero-order valence-electron chi connectivity index (χ0n) is 10.4. The van der Waals surface area contributed by atoms with Gasteiger partial charge in [-0.3, -0.25) is 0 Å². The number of aromatic nitrogens is 2. The Kier molecular flexibility index (Phi) is 2.94. The van der Waals surface area contributed by atoms with E-state index in [0.29, 0.717) is 30.3 Å². The normalized spacial score (nSPS) is 27.9. The van der Waals surface area contributed by atoms with Crippen LogP contribution in [0, 0.1) is 0 Å². The second kappa shape index (κ2) is 4.35. The van der Waals surface area contributed by atoms with Gasteiger partial charge in [0.05, 0.1) is 11.5 Å². The minimum Gasteiger partial charge on any atom is -0.332 e. The number of hydrogen-bond acceptors (Lipinski definition) is 4. The van der Waals surface area contributed by atoms with Gasteiger partial charge >= 0.3 is 0 Å². The summed E-state index contributed by atoms with van der Waals surface area (Å²) in [5.74, 6) is 1.99. The third kappa shape index (κ3) is 2.19. The van der Waals surface area contributed by atoms with E-state index in [1.807, 2.05) is 6.20 Å². The summed E-state index contributed by atoms with van der Waals surface area (Å²) in [4.78, 5) is 4.52. The van der Waals surface area contributed by atoms with E-state index in [1.165, 1.54) is 5.69 Å². The van der Waals surface area contributed by atoms with Crippen LogP contribution in [0.4, 0.5) is 0 Å². The number of rotatable bonds is 1. The highest BCUT2D eigenvalue weighted by Gasteiger charge is 2.29. The molecule has 0 saturated carbocycles. The lowest BCUT2D eigenvalue weighted by Crippen LogP contribution is -2.32. The second-order valence-corrected chi connectivity index (χ2v) is 7.74. The SMILES string of the molecule is NC1CCn2c(cnc2C2CCS(=O)(=O)CC2)C1. The molecule has 0 bridgehead atoms. The van der Waals surface area contributed by atoms with Crippen LogP contribution < -0.4 is 5.73 Å². The molecule has 2 aliphatic heterocycles. The second-order valence-electron chi connectivity index (χ2n) is 5.44. The fourth-order valence-corrected chi connectivity index (χ4v) is 4.48. The van der Waals surface area contributed by atoms with Crippen LogP contribution in [-0.2, 0) is 22.8 Å². The lowest BCUT2D eigenvalue weighted by atomic mass is 10.0. The highest BCUT2D eigenvalue weighted by molar-refractivity contribution is 7.91. The van der Waals surface area contributed by atoms with Crippen LogP contribution in [0.25, 0.3) is 0 Å². The first-order valence-corrected chi connectivity index (χ1v) is 8.37. The highest BCUT2D eigenvalue weighted by Crippen LogP contribution is 2.30. The Morgan fingerprint density at radius 3 is 2.72 bits per heavy atom. The highest BCUT2D eigenvalue weighted by atomic mass is 32.2. The first-order valence-electron chi connectivity index (χ1n) is 6.55. The maximum absolute atomic E-state index is 11.5. The van der Waals surface area contributed by atoms with Gasteiger partial charge in [-0.05, 0) is 19.3 Å². The van der Waals surface area contributed by atoms with Crippen LogP contribution in [0.3, 0.4) is 0 Å². The van der Waals surface area contributed by atoms with Crippen molar-refractivity contribution in [3.05, 3.63) is 17.7 Å². The van der Waals surface area contributed by atoms with E-state index in [-0.39, 0.29) is 6.04 Å². The summed E-state index contributed by atoms with van der Waals surface area (Å²) < 4.78 is 25.2. The zero-order valence-corrected chi connectivity index (χ0v) is 11.2. The zero-order chi connectivity index (χ0) is 12.8. The summed E-state index contributed by atoms with van der Waals surface area (Å²) in [6.07, 6.45) is 5.21. The van der Waals surface area contributed by atoms with Crippen LogP contribution in [0.15, 0.2) is 6.20 Å². The summed E-state index contributed by atoms with van der Waals surface area (Å²) in [5.41, 5.74) is 7.16. The number of sulfone groups is 1. The van der Waals surface area contributed by atoms with Crippen molar-refractivity contribution in [2.24, 2.45) is 5.73 Å². The molecule has 3 rings (SSSR count). The minimum absolute atomic E-state index is 0.244. The molecule has 1 saturated heterocycles. The number of nitrogens with zero attached hydrogens (tertiary/aromatic N) is 2. The Bertz CT molecular complexity index is 536. The molecule has 18 heavy (non-hydrogen) atoms. The molecule has 0 aliphatic carbocycles. The van der Waals surface area contributed by atoms with Crippen LogP contribution in [-0.4, -0.2) is 35.5 Å². The molecule has 6 heteroatoms. The van der Waals surface area contributed by atoms with Gasteiger partial charge in [0.15, 0.2) is 0 Å². The van der Waals surface area contributed by atoms with Crippen LogP contribution in [0.5, 0.6) is 0 Å². The summed E-state index contributed by atoms with van der Waals surface area (Å²) in [5, 5.41) is 0. The van der Waals surface area contributed by atoms with E-state index in [4.69, 9.17) is 5.73 Å². The van der Waals surface area contributed by atoms with Crippen LogP contribution in [0.2, 0.25) is 0 Å². The maximum Gasteiger partial charge on any atom is 0.150 e. The van der Waals surface area contributed by atoms with E-state index in [0.717, 1.165) is 25.2 Å². The molecule has 2 aliphatic rings. The van der Waals surface area contributed by atoms with E-state index in [9.17, 15) is 8.42 Å². The molecule has 1 aromatic heterocycles. The molecule has 1 unspecified atom stereocenters. The first kappa shape index (κ1) is 12.2. The third-order valence-electron chi connectivity index (χ3n) is 4.08. The lowest BCUT2D eigenvalue weighted by Gasteiger charge is -2.26. The Morgan fingerprint density at radius 2 is 2.00 bits per heavy atom. The van der Waals surface area contributed by atoms with E-state index >= 15 is 0 Å². The average Bonchev–Trinajstić information content (AvgIpc) is 2.72. The van der Waals surface area contributed by atoms with E-state index in [1.54, 1.807) is 0 Å². The molecule has 0 radical (unpaired) electrons. The molecule has 5 nitrogen and oxygen atoms in total. The molecule has 1 fully saturated rings. The van der Waals surface area contributed by atoms with Crippen molar-refractivity contribution in [1.82, 2.24) is 9.55 Å². The molecule has 0 spiro atoms. The molecule has 1 atom stereocenters. The molecule has 100 valence electrons. The predicted molar refractivity (Wildman–Crippen MR) is 69.2 cm³/mol. The lowest BCUT2D eigenvalue weighted by molar-refractivity contribution is 0.439. The van der Waals surface area contributed by atoms with Gasteiger partial charge in [-0.15, -0.1) is 0 Å². The monoisotopic (exact) mass is 269 g/mol. The molecule has 0 aromatic carbocycles. The van der Waals surface area contributed by atoms with Gasteiger partial charge < -0.3 is 10.3 Å². The molecule has 2 N–H and O–H groups in total. The van der Waals surface area contributed by atoms with Crippen molar-refractivity contribution >= 4 is 9.84 Å².